The van der Waals surface area contributed by atoms with Gasteiger partial charge in [-0.15, -0.1) is 0 Å². The maximum atomic E-state index is 14.2. The fourth-order valence-electron chi connectivity index (χ4n) is 7.08. The first-order chi connectivity index (χ1) is 15.0. The molecular weight excluding hydrogens is 410 g/mol. The molecule has 0 radical (unpaired) electrons. The van der Waals surface area contributed by atoms with Crippen LogP contribution in [0.1, 0.15) is 38.2 Å². The largest absolute Gasteiger partial charge is 0.393 e. The molecule has 31 heavy (non-hydrogen) atoms. The van der Waals surface area contributed by atoms with E-state index in [-0.39, 0.29) is 18.1 Å². The van der Waals surface area contributed by atoms with Gasteiger partial charge in [-0.05, 0) is 73.7 Å². The number of aliphatic hydroxyl groups excluding tert-OH is 1. The molecule has 2 aromatic rings. The molecule has 1 N–H and O–H groups in total. The first-order valence-electron chi connectivity index (χ1n) is 11.5. The summed E-state index contributed by atoms with van der Waals surface area (Å²) in [7, 11) is 0. The second-order valence-corrected chi connectivity index (χ2v) is 10.3. The number of rotatable bonds is 1. The molecule has 1 aromatic carbocycles. The Bertz CT molecular complexity index is 1030. The smallest absolute Gasteiger partial charge is 0.243 e. The minimum atomic E-state index is -0.524. The number of carbonyl (C=O) groups is 1. The van der Waals surface area contributed by atoms with Crippen LogP contribution in [-0.4, -0.2) is 46.1 Å². The fourth-order valence-corrected chi connectivity index (χ4v) is 7.19. The van der Waals surface area contributed by atoms with Gasteiger partial charge in [0.2, 0.25) is 5.91 Å². The quantitative estimate of drug-likeness (QED) is 0.681. The SMILES string of the molecule is C[C@@H]1[C@H]2C[C@@H]3N(CC[C@@]34C(=O)N(c3ccc(Cl)nc3)c3ccccc34)C[C@@H]2CC[C@@H]1O. The van der Waals surface area contributed by atoms with E-state index in [0.29, 0.717) is 22.9 Å². The summed E-state index contributed by atoms with van der Waals surface area (Å²) in [4.78, 5) is 22.9. The Morgan fingerprint density at radius 1 is 1.19 bits per heavy atom. The molecule has 4 aliphatic rings. The van der Waals surface area contributed by atoms with Crippen molar-refractivity contribution in [2.45, 2.75) is 50.2 Å². The number of anilines is 2. The van der Waals surface area contributed by atoms with Gasteiger partial charge in [0.25, 0.3) is 0 Å². The van der Waals surface area contributed by atoms with E-state index in [1.54, 1.807) is 12.3 Å². The summed E-state index contributed by atoms with van der Waals surface area (Å²) < 4.78 is 0. The van der Waals surface area contributed by atoms with E-state index in [9.17, 15) is 9.90 Å². The molecule has 1 aliphatic carbocycles. The lowest BCUT2D eigenvalue weighted by atomic mass is 9.62. The number of hydrogen-bond donors (Lipinski definition) is 1. The van der Waals surface area contributed by atoms with Gasteiger partial charge in [-0.3, -0.25) is 14.6 Å². The van der Waals surface area contributed by atoms with E-state index in [1.165, 1.54) is 0 Å². The lowest BCUT2D eigenvalue weighted by Gasteiger charge is -2.50. The summed E-state index contributed by atoms with van der Waals surface area (Å²) in [6, 6.07) is 12.1. The Morgan fingerprint density at radius 3 is 2.84 bits per heavy atom. The van der Waals surface area contributed by atoms with Crippen LogP contribution in [-0.2, 0) is 10.2 Å². The number of amides is 1. The number of benzene rings is 1. The summed E-state index contributed by atoms with van der Waals surface area (Å²) >= 11 is 6.02. The van der Waals surface area contributed by atoms with Crippen LogP contribution < -0.4 is 4.90 Å². The number of carbonyl (C=O) groups excluding carboxylic acids is 1. The highest BCUT2D eigenvalue weighted by Crippen LogP contribution is 2.57. The van der Waals surface area contributed by atoms with Crippen molar-refractivity contribution < 1.29 is 9.90 Å². The summed E-state index contributed by atoms with van der Waals surface area (Å²) in [6.07, 6.45) is 5.31. The van der Waals surface area contributed by atoms with Gasteiger partial charge in [-0.2, -0.15) is 0 Å². The second kappa shape index (κ2) is 7.03. The van der Waals surface area contributed by atoms with Gasteiger partial charge < -0.3 is 5.11 Å². The Hall–Kier alpha value is -1.95. The molecule has 1 saturated carbocycles. The second-order valence-electron chi connectivity index (χ2n) is 9.89. The molecule has 6 rings (SSSR count). The number of nitrogens with zero attached hydrogens (tertiary/aromatic N) is 3. The molecule has 5 nitrogen and oxygen atoms in total. The number of halogens is 1. The Balaban J connectivity index is 1.43. The van der Waals surface area contributed by atoms with Crippen molar-refractivity contribution in [1.29, 1.82) is 0 Å². The molecule has 0 unspecified atom stereocenters. The van der Waals surface area contributed by atoms with E-state index in [1.807, 2.05) is 17.0 Å². The minimum Gasteiger partial charge on any atom is -0.393 e. The number of aromatic nitrogens is 1. The highest BCUT2D eigenvalue weighted by molar-refractivity contribution is 6.29. The molecule has 2 saturated heterocycles. The molecule has 1 spiro atoms. The highest BCUT2D eigenvalue weighted by Gasteiger charge is 2.62. The maximum Gasteiger partial charge on any atom is 0.243 e. The number of pyridine rings is 1. The van der Waals surface area contributed by atoms with Crippen molar-refractivity contribution >= 4 is 28.9 Å². The Labute approximate surface area is 188 Å². The molecule has 1 aromatic heterocycles. The predicted molar refractivity (Wildman–Crippen MR) is 120 cm³/mol. The number of para-hydroxylation sites is 1. The molecule has 0 bridgehead atoms. The van der Waals surface area contributed by atoms with E-state index in [4.69, 9.17) is 11.6 Å². The van der Waals surface area contributed by atoms with Gasteiger partial charge >= 0.3 is 0 Å². The molecule has 4 heterocycles. The Kier molecular flexibility index (Phi) is 4.47. The molecule has 3 fully saturated rings. The zero-order valence-electron chi connectivity index (χ0n) is 17.7. The van der Waals surface area contributed by atoms with Crippen LogP contribution in [0.15, 0.2) is 42.6 Å². The monoisotopic (exact) mass is 437 g/mol. The lowest BCUT2D eigenvalue weighted by Crippen LogP contribution is -2.56. The summed E-state index contributed by atoms with van der Waals surface area (Å²) in [5, 5.41) is 11.0. The summed E-state index contributed by atoms with van der Waals surface area (Å²) in [5.74, 6) is 1.56. The van der Waals surface area contributed by atoms with Crippen LogP contribution >= 0.6 is 11.6 Å². The van der Waals surface area contributed by atoms with Crippen molar-refractivity contribution in [3.8, 4) is 0 Å². The zero-order chi connectivity index (χ0) is 21.3. The molecule has 6 heteroatoms. The van der Waals surface area contributed by atoms with Gasteiger partial charge in [0.1, 0.15) is 5.15 Å². The van der Waals surface area contributed by atoms with Crippen LogP contribution in [0.5, 0.6) is 0 Å². The fraction of sp³-hybridized carbons (Fsp3) is 0.520. The number of hydrogen-bond acceptors (Lipinski definition) is 4. The average Bonchev–Trinajstić information content (AvgIpc) is 3.28. The number of aliphatic hydroxyl groups is 1. The van der Waals surface area contributed by atoms with Crippen molar-refractivity contribution in [1.82, 2.24) is 9.88 Å². The number of piperidine rings is 1. The van der Waals surface area contributed by atoms with Gasteiger partial charge in [0, 0.05) is 12.6 Å². The third-order valence-corrected chi connectivity index (χ3v) is 8.89. The van der Waals surface area contributed by atoms with Gasteiger partial charge in [0.05, 0.1) is 29.1 Å². The van der Waals surface area contributed by atoms with Crippen LogP contribution in [0.3, 0.4) is 0 Å². The van der Waals surface area contributed by atoms with Gasteiger partial charge in [-0.1, -0.05) is 36.7 Å². The first kappa shape index (κ1) is 19.7. The summed E-state index contributed by atoms with van der Waals surface area (Å²) in [5.41, 5.74) is 2.36. The van der Waals surface area contributed by atoms with E-state index in [0.717, 1.165) is 55.7 Å². The molecule has 3 aliphatic heterocycles. The van der Waals surface area contributed by atoms with Gasteiger partial charge in [-0.25, -0.2) is 4.98 Å². The molecular formula is C25H28ClN3O2. The van der Waals surface area contributed by atoms with Crippen LogP contribution in [0.4, 0.5) is 11.4 Å². The average molecular weight is 438 g/mol. The first-order valence-corrected chi connectivity index (χ1v) is 11.9. The highest BCUT2D eigenvalue weighted by atomic mass is 35.5. The normalized spacial score (nSPS) is 37.1. The number of fused-ring (bicyclic) bond motifs is 5. The molecule has 6 atom stereocenters. The van der Waals surface area contributed by atoms with Crippen molar-refractivity contribution in [3.63, 3.8) is 0 Å². The van der Waals surface area contributed by atoms with Crippen LogP contribution in [0, 0.1) is 17.8 Å². The van der Waals surface area contributed by atoms with Crippen molar-refractivity contribution in [2.75, 3.05) is 18.0 Å². The van der Waals surface area contributed by atoms with Crippen LogP contribution in [0.25, 0.3) is 0 Å². The van der Waals surface area contributed by atoms with E-state index < -0.39 is 5.41 Å². The predicted octanol–water partition coefficient (Wildman–Crippen LogP) is 4.15. The topological polar surface area (TPSA) is 56.7 Å². The third-order valence-electron chi connectivity index (χ3n) is 8.67. The van der Waals surface area contributed by atoms with E-state index >= 15 is 0 Å². The minimum absolute atomic E-state index is 0.160. The maximum absolute atomic E-state index is 14.2. The zero-order valence-corrected chi connectivity index (χ0v) is 18.5. The molecule has 162 valence electrons. The summed E-state index contributed by atoms with van der Waals surface area (Å²) in [6.45, 7) is 4.21. The van der Waals surface area contributed by atoms with Crippen molar-refractivity contribution in [3.05, 3.63) is 53.3 Å². The lowest BCUT2D eigenvalue weighted by molar-refractivity contribution is -0.125. The standard InChI is InChI=1S/C25H28ClN3O2/c1-15-18-12-22-25(10-11-28(22)14-16(18)6-8-21(15)30)19-4-2-3-5-20(19)29(24(25)31)17-7-9-23(26)27-13-17/h2-5,7,9,13,15-16,18,21-22,30H,6,8,10-12,14H2,1H3/t15-,16+,18-,21+,22+,25+/m1/s1. The van der Waals surface area contributed by atoms with E-state index in [2.05, 4.69) is 35.0 Å². The van der Waals surface area contributed by atoms with Crippen LogP contribution in [0.2, 0.25) is 5.15 Å². The third kappa shape index (κ3) is 2.69. The van der Waals surface area contributed by atoms with Gasteiger partial charge in [0.15, 0.2) is 0 Å². The molecule has 1 amide bonds. The Morgan fingerprint density at radius 2 is 2.03 bits per heavy atom. The van der Waals surface area contributed by atoms with Crippen molar-refractivity contribution in [2.24, 2.45) is 17.8 Å².